The molecule has 1 aromatic carbocycles. The van der Waals surface area contributed by atoms with Gasteiger partial charge in [-0.05, 0) is 34.8 Å². The summed E-state index contributed by atoms with van der Waals surface area (Å²) in [6.45, 7) is 0. The highest BCUT2D eigenvalue weighted by atomic mass is 79.9. The first kappa shape index (κ1) is 13.1. The van der Waals surface area contributed by atoms with Gasteiger partial charge in [-0.1, -0.05) is 29.8 Å². The number of fused-ring (bicyclic) bond motifs is 1. The average Bonchev–Trinajstić information content (AvgIpc) is 3.22. The van der Waals surface area contributed by atoms with E-state index in [9.17, 15) is 0 Å². The molecule has 0 saturated heterocycles. The van der Waals surface area contributed by atoms with Gasteiger partial charge in [-0.15, -0.1) is 0 Å². The van der Waals surface area contributed by atoms with E-state index in [1.807, 2.05) is 34.8 Å². The van der Waals surface area contributed by atoms with Crippen LogP contribution in [0.2, 0.25) is 5.02 Å². The molecule has 1 fully saturated rings. The van der Waals surface area contributed by atoms with Crippen LogP contribution >= 0.6 is 27.5 Å². The molecule has 2 heterocycles. The van der Waals surface area contributed by atoms with Crippen LogP contribution in [-0.2, 0) is 0 Å². The molecule has 1 saturated carbocycles. The number of halogens is 2. The molecule has 3 aromatic rings. The predicted octanol–water partition coefficient (Wildman–Crippen LogP) is 4.39. The smallest absolute Gasteiger partial charge is 0.172 e. The summed E-state index contributed by atoms with van der Waals surface area (Å²) >= 11 is 9.80. The SMILES string of the molecule is Clc1ccccc1-c1cc(NC2CC2)n2ncc(Br)c2n1. The van der Waals surface area contributed by atoms with Gasteiger partial charge in [0.2, 0.25) is 0 Å². The number of nitrogens with zero attached hydrogens (tertiary/aromatic N) is 3. The van der Waals surface area contributed by atoms with Crippen LogP contribution in [0.1, 0.15) is 12.8 Å². The second kappa shape index (κ2) is 5.00. The van der Waals surface area contributed by atoms with Gasteiger partial charge in [-0.25, -0.2) is 4.98 Å². The van der Waals surface area contributed by atoms with Crippen LogP contribution < -0.4 is 5.32 Å². The third-order valence-corrected chi connectivity index (χ3v) is 4.40. The standard InChI is InChI=1S/C15H12BrClN4/c16-11-8-18-21-14(19-9-5-6-9)7-13(20-15(11)21)10-3-1-2-4-12(10)17/h1-4,7-9,19H,5-6H2. The van der Waals surface area contributed by atoms with Gasteiger partial charge in [0, 0.05) is 22.7 Å². The molecule has 1 N–H and O–H groups in total. The molecule has 0 amide bonds. The van der Waals surface area contributed by atoms with E-state index in [1.165, 1.54) is 12.8 Å². The number of rotatable bonds is 3. The van der Waals surface area contributed by atoms with Crippen molar-refractivity contribution in [2.45, 2.75) is 18.9 Å². The maximum absolute atomic E-state index is 6.30. The van der Waals surface area contributed by atoms with Crippen LogP contribution in [-0.4, -0.2) is 20.6 Å². The zero-order valence-electron chi connectivity index (χ0n) is 11.1. The molecule has 0 aliphatic heterocycles. The normalized spacial score (nSPS) is 14.6. The molecule has 1 aliphatic rings. The predicted molar refractivity (Wildman–Crippen MR) is 87.8 cm³/mol. The fraction of sp³-hybridized carbons (Fsp3) is 0.200. The lowest BCUT2D eigenvalue weighted by Crippen LogP contribution is -2.08. The van der Waals surface area contributed by atoms with Gasteiger partial charge in [-0.3, -0.25) is 0 Å². The quantitative estimate of drug-likeness (QED) is 0.750. The minimum absolute atomic E-state index is 0.540. The molecule has 106 valence electrons. The Balaban J connectivity index is 1.92. The maximum atomic E-state index is 6.30. The molecule has 0 unspecified atom stereocenters. The number of anilines is 1. The van der Waals surface area contributed by atoms with Crippen molar-refractivity contribution in [1.29, 1.82) is 0 Å². The zero-order chi connectivity index (χ0) is 14.4. The Bertz CT molecular complexity index is 826. The molecule has 0 radical (unpaired) electrons. The van der Waals surface area contributed by atoms with Crippen LogP contribution in [0.25, 0.3) is 16.9 Å². The van der Waals surface area contributed by atoms with Crippen molar-refractivity contribution in [3.05, 3.63) is 46.0 Å². The van der Waals surface area contributed by atoms with Crippen LogP contribution in [0.4, 0.5) is 5.82 Å². The molecule has 21 heavy (non-hydrogen) atoms. The summed E-state index contributed by atoms with van der Waals surface area (Å²) in [6.07, 6.45) is 4.16. The highest BCUT2D eigenvalue weighted by Gasteiger charge is 2.23. The average molecular weight is 364 g/mol. The second-order valence-corrected chi connectivity index (χ2v) is 6.41. The molecule has 1 aliphatic carbocycles. The third-order valence-electron chi connectivity index (χ3n) is 3.51. The Labute approximate surface area is 135 Å². The summed E-state index contributed by atoms with van der Waals surface area (Å²) < 4.78 is 2.69. The van der Waals surface area contributed by atoms with Crippen molar-refractivity contribution in [2.24, 2.45) is 0 Å². The zero-order valence-corrected chi connectivity index (χ0v) is 13.4. The van der Waals surface area contributed by atoms with Crippen molar-refractivity contribution in [3.63, 3.8) is 0 Å². The van der Waals surface area contributed by atoms with E-state index in [2.05, 4.69) is 31.3 Å². The van der Waals surface area contributed by atoms with E-state index in [1.54, 1.807) is 6.20 Å². The first-order chi connectivity index (χ1) is 10.2. The van der Waals surface area contributed by atoms with Gasteiger partial charge < -0.3 is 5.32 Å². The molecular formula is C15H12BrClN4. The van der Waals surface area contributed by atoms with Crippen LogP contribution in [0.3, 0.4) is 0 Å². The van der Waals surface area contributed by atoms with E-state index in [0.717, 1.165) is 27.2 Å². The Morgan fingerprint density at radius 3 is 2.86 bits per heavy atom. The van der Waals surface area contributed by atoms with Crippen LogP contribution in [0.15, 0.2) is 41.0 Å². The number of aromatic nitrogens is 3. The van der Waals surface area contributed by atoms with Crippen LogP contribution in [0.5, 0.6) is 0 Å². The first-order valence-electron chi connectivity index (χ1n) is 6.78. The largest absolute Gasteiger partial charge is 0.367 e. The maximum Gasteiger partial charge on any atom is 0.172 e. The lowest BCUT2D eigenvalue weighted by atomic mass is 10.1. The van der Waals surface area contributed by atoms with Gasteiger partial charge >= 0.3 is 0 Å². The third kappa shape index (κ3) is 2.40. The molecule has 4 nitrogen and oxygen atoms in total. The summed E-state index contributed by atoms with van der Waals surface area (Å²) in [7, 11) is 0. The molecule has 6 heteroatoms. The summed E-state index contributed by atoms with van der Waals surface area (Å²) in [5.74, 6) is 0.947. The molecule has 0 atom stereocenters. The number of hydrogen-bond donors (Lipinski definition) is 1. The van der Waals surface area contributed by atoms with Crippen molar-refractivity contribution in [1.82, 2.24) is 14.6 Å². The van der Waals surface area contributed by atoms with Crippen LogP contribution in [0, 0.1) is 0 Å². The van der Waals surface area contributed by atoms with E-state index in [-0.39, 0.29) is 0 Å². The summed E-state index contributed by atoms with van der Waals surface area (Å²) in [5.41, 5.74) is 2.56. The highest BCUT2D eigenvalue weighted by Crippen LogP contribution is 2.32. The summed E-state index contributed by atoms with van der Waals surface area (Å²) in [6, 6.07) is 10.3. The first-order valence-corrected chi connectivity index (χ1v) is 7.95. The summed E-state index contributed by atoms with van der Waals surface area (Å²) in [4.78, 5) is 4.68. The van der Waals surface area contributed by atoms with Gasteiger partial charge in [0.15, 0.2) is 5.65 Å². The van der Waals surface area contributed by atoms with Crippen molar-refractivity contribution in [3.8, 4) is 11.3 Å². The monoisotopic (exact) mass is 362 g/mol. The van der Waals surface area contributed by atoms with Crippen molar-refractivity contribution >= 4 is 39.0 Å². The van der Waals surface area contributed by atoms with Gasteiger partial charge in [-0.2, -0.15) is 9.61 Å². The second-order valence-electron chi connectivity index (χ2n) is 5.15. The number of nitrogens with one attached hydrogen (secondary N) is 1. The molecule has 0 spiro atoms. The van der Waals surface area contributed by atoms with E-state index in [4.69, 9.17) is 11.6 Å². The van der Waals surface area contributed by atoms with Crippen molar-refractivity contribution < 1.29 is 0 Å². The topological polar surface area (TPSA) is 42.2 Å². The lowest BCUT2D eigenvalue weighted by Gasteiger charge is -2.10. The van der Waals surface area contributed by atoms with E-state index in [0.29, 0.717) is 11.1 Å². The molecular weight excluding hydrogens is 352 g/mol. The lowest BCUT2D eigenvalue weighted by molar-refractivity contribution is 0.926. The fourth-order valence-corrected chi connectivity index (χ4v) is 2.86. The highest BCUT2D eigenvalue weighted by molar-refractivity contribution is 9.10. The van der Waals surface area contributed by atoms with Crippen molar-refractivity contribution in [2.75, 3.05) is 5.32 Å². The van der Waals surface area contributed by atoms with Gasteiger partial charge in [0.05, 0.1) is 16.4 Å². The number of benzene rings is 1. The molecule has 4 rings (SSSR count). The van der Waals surface area contributed by atoms with Gasteiger partial charge in [0.1, 0.15) is 5.82 Å². The molecule has 0 bridgehead atoms. The van der Waals surface area contributed by atoms with E-state index < -0.39 is 0 Å². The minimum Gasteiger partial charge on any atom is -0.367 e. The fourth-order valence-electron chi connectivity index (χ4n) is 2.28. The minimum atomic E-state index is 0.540. The number of hydrogen-bond acceptors (Lipinski definition) is 3. The summed E-state index contributed by atoms with van der Waals surface area (Å²) in [5, 5.41) is 8.56. The Kier molecular flexibility index (Phi) is 3.12. The van der Waals surface area contributed by atoms with E-state index >= 15 is 0 Å². The van der Waals surface area contributed by atoms with Gasteiger partial charge in [0.25, 0.3) is 0 Å². The Hall–Kier alpha value is -1.59. The Morgan fingerprint density at radius 1 is 1.29 bits per heavy atom. The molecule has 2 aromatic heterocycles. The Morgan fingerprint density at radius 2 is 2.10 bits per heavy atom.